The van der Waals surface area contributed by atoms with Crippen molar-refractivity contribution < 1.29 is 19.1 Å². The number of aromatic nitrogens is 1. The minimum atomic E-state index is -1.18. The lowest BCUT2D eigenvalue weighted by atomic mass is 9.86. The number of ketones is 2. The van der Waals surface area contributed by atoms with Crippen molar-refractivity contribution >= 4 is 49.9 Å². The van der Waals surface area contributed by atoms with Gasteiger partial charge in [-0.25, -0.2) is 4.98 Å². The Hall–Kier alpha value is -3.10. The SMILES string of the molecule is C=CCOc1ccc(C(=O)C2C(=O)C(=O)N(c3nccs3)C2c2cccc(Br)c2)cc1. The number of ether oxygens (including phenoxy) is 1. The number of amides is 1. The molecule has 2 atom stereocenters. The van der Waals surface area contributed by atoms with Crippen LogP contribution in [-0.4, -0.2) is 29.1 Å². The topological polar surface area (TPSA) is 76.6 Å². The normalized spacial score (nSPS) is 18.3. The number of carbonyl (C=O) groups excluding carboxylic acids is 3. The summed E-state index contributed by atoms with van der Waals surface area (Å²) >= 11 is 4.67. The van der Waals surface area contributed by atoms with Crippen LogP contribution in [-0.2, 0) is 9.59 Å². The van der Waals surface area contributed by atoms with E-state index in [1.165, 1.54) is 16.2 Å². The molecule has 0 radical (unpaired) electrons. The van der Waals surface area contributed by atoms with E-state index in [0.29, 0.717) is 28.6 Å². The third kappa shape index (κ3) is 4.08. The highest BCUT2D eigenvalue weighted by Crippen LogP contribution is 2.42. The Kier molecular flexibility index (Phi) is 6.11. The van der Waals surface area contributed by atoms with E-state index >= 15 is 0 Å². The van der Waals surface area contributed by atoms with E-state index in [1.807, 2.05) is 12.1 Å². The third-order valence-electron chi connectivity index (χ3n) is 4.91. The summed E-state index contributed by atoms with van der Waals surface area (Å²) in [6.07, 6.45) is 3.19. The maximum atomic E-state index is 13.4. The van der Waals surface area contributed by atoms with Crippen LogP contribution in [0.3, 0.4) is 0 Å². The van der Waals surface area contributed by atoms with Gasteiger partial charge in [0.05, 0.1) is 6.04 Å². The fraction of sp³-hybridized carbons (Fsp3) is 0.130. The fourth-order valence-electron chi connectivity index (χ4n) is 3.56. The van der Waals surface area contributed by atoms with Gasteiger partial charge in [-0.15, -0.1) is 11.3 Å². The van der Waals surface area contributed by atoms with E-state index in [2.05, 4.69) is 27.5 Å². The van der Waals surface area contributed by atoms with Gasteiger partial charge >= 0.3 is 0 Å². The van der Waals surface area contributed by atoms with Crippen LogP contribution in [0.4, 0.5) is 5.13 Å². The summed E-state index contributed by atoms with van der Waals surface area (Å²) in [7, 11) is 0. The Labute approximate surface area is 191 Å². The zero-order valence-electron chi connectivity index (χ0n) is 16.2. The number of hydrogen-bond acceptors (Lipinski definition) is 6. The lowest BCUT2D eigenvalue weighted by Gasteiger charge is -2.25. The number of carbonyl (C=O) groups is 3. The highest BCUT2D eigenvalue weighted by molar-refractivity contribution is 9.10. The quantitative estimate of drug-likeness (QED) is 0.206. The number of hydrogen-bond donors (Lipinski definition) is 0. The molecule has 1 amide bonds. The average Bonchev–Trinajstić information content (AvgIpc) is 3.39. The molecule has 0 spiro atoms. The van der Waals surface area contributed by atoms with Gasteiger partial charge in [0.1, 0.15) is 18.3 Å². The first-order valence-electron chi connectivity index (χ1n) is 9.41. The van der Waals surface area contributed by atoms with Gasteiger partial charge in [-0.1, -0.05) is 40.7 Å². The smallest absolute Gasteiger partial charge is 0.297 e. The lowest BCUT2D eigenvalue weighted by Crippen LogP contribution is -2.30. The average molecular weight is 497 g/mol. The van der Waals surface area contributed by atoms with Gasteiger partial charge in [-0.2, -0.15) is 0 Å². The molecule has 4 rings (SSSR count). The van der Waals surface area contributed by atoms with Crippen LogP contribution >= 0.6 is 27.3 Å². The minimum absolute atomic E-state index is 0.332. The number of rotatable bonds is 7. The summed E-state index contributed by atoms with van der Waals surface area (Å²) in [5, 5.41) is 2.11. The van der Waals surface area contributed by atoms with Crippen LogP contribution in [0, 0.1) is 5.92 Å². The molecule has 2 heterocycles. The lowest BCUT2D eigenvalue weighted by molar-refractivity contribution is -0.135. The van der Waals surface area contributed by atoms with Gasteiger partial charge in [0.25, 0.3) is 5.91 Å². The molecule has 31 heavy (non-hydrogen) atoms. The molecule has 0 aliphatic carbocycles. The largest absolute Gasteiger partial charge is 0.490 e. The number of nitrogens with zero attached hydrogens (tertiary/aromatic N) is 2. The molecule has 1 aromatic heterocycles. The van der Waals surface area contributed by atoms with Crippen molar-refractivity contribution in [3.05, 3.63) is 88.4 Å². The molecule has 1 fully saturated rings. The first-order valence-corrected chi connectivity index (χ1v) is 11.1. The summed E-state index contributed by atoms with van der Waals surface area (Å²) in [5.41, 5.74) is 1.01. The fourth-order valence-corrected chi connectivity index (χ4v) is 4.65. The number of benzene rings is 2. The molecule has 6 nitrogen and oxygen atoms in total. The summed E-state index contributed by atoms with van der Waals surface area (Å²) in [6, 6.07) is 13.0. The minimum Gasteiger partial charge on any atom is -0.490 e. The van der Waals surface area contributed by atoms with Crippen molar-refractivity contribution in [2.24, 2.45) is 5.92 Å². The Morgan fingerprint density at radius 1 is 1.23 bits per heavy atom. The van der Waals surface area contributed by atoms with Gasteiger partial charge in [0, 0.05) is 21.6 Å². The molecule has 0 saturated carbocycles. The predicted molar refractivity (Wildman–Crippen MR) is 121 cm³/mol. The molecule has 1 aliphatic heterocycles. The van der Waals surface area contributed by atoms with Gasteiger partial charge in [0.2, 0.25) is 5.78 Å². The molecule has 2 aromatic carbocycles. The van der Waals surface area contributed by atoms with E-state index < -0.39 is 29.4 Å². The van der Waals surface area contributed by atoms with Crippen LogP contribution < -0.4 is 9.64 Å². The van der Waals surface area contributed by atoms with Crippen molar-refractivity contribution in [1.82, 2.24) is 4.98 Å². The Balaban J connectivity index is 1.75. The Morgan fingerprint density at radius 2 is 2.00 bits per heavy atom. The van der Waals surface area contributed by atoms with E-state index in [1.54, 1.807) is 54.1 Å². The molecule has 3 aromatic rings. The van der Waals surface area contributed by atoms with Gasteiger partial charge < -0.3 is 4.74 Å². The molecule has 0 bridgehead atoms. The van der Waals surface area contributed by atoms with Crippen molar-refractivity contribution in [3.8, 4) is 5.75 Å². The number of halogens is 1. The third-order valence-corrected chi connectivity index (χ3v) is 6.17. The molecule has 1 saturated heterocycles. The molecular weight excluding hydrogens is 480 g/mol. The van der Waals surface area contributed by atoms with Crippen LogP contribution in [0.5, 0.6) is 5.75 Å². The molecule has 0 N–H and O–H groups in total. The monoisotopic (exact) mass is 496 g/mol. The van der Waals surface area contributed by atoms with E-state index in [4.69, 9.17) is 4.74 Å². The Bertz CT molecular complexity index is 1140. The standard InChI is InChI=1S/C23H17BrN2O4S/c1-2-11-30-17-8-6-14(7-9-17)20(27)18-19(15-4-3-5-16(24)13-15)26(22(29)21(18)28)23-25-10-12-31-23/h2-10,12-13,18-19H,1,11H2. The molecule has 8 heteroatoms. The second kappa shape index (κ2) is 8.95. The van der Waals surface area contributed by atoms with Crippen LogP contribution in [0.2, 0.25) is 0 Å². The molecule has 2 unspecified atom stereocenters. The van der Waals surface area contributed by atoms with Crippen molar-refractivity contribution in [1.29, 1.82) is 0 Å². The maximum Gasteiger partial charge on any atom is 0.297 e. The first kappa shape index (κ1) is 21.1. The zero-order valence-corrected chi connectivity index (χ0v) is 18.6. The summed E-state index contributed by atoms with van der Waals surface area (Å²) < 4.78 is 6.24. The van der Waals surface area contributed by atoms with E-state index in [-0.39, 0.29) is 0 Å². The predicted octanol–water partition coefficient (Wildman–Crippen LogP) is 4.63. The van der Waals surface area contributed by atoms with Crippen LogP contribution in [0.25, 0.3) is 0 Å². The Morgan fingerprint density at radius 3 is 2.65 bits per heavy atom. The number of anilines is 1. The van der Waals surface area contributed by atoms with E-state index in [9.17, 15) is 14.4 Å². The van der Waals surface area contributed by atoms with Gasteiger partial charge in [-0.05, 0) is 42.0 Å². The number of Topliss-reactive ketones (excluding diaryl/α,β-unsaturated/α-hetero) is 2. The van der Waals surface area contributed by atoms with Crippen LogP contribution in [0.15, 0.2) is 77.2 Å². The van der Waals surface area contributed by atoms with Crippen molar-refractivity contribution in [2.45, 2.75) is 6.04 Å². The highest BCUT2D eigenvalue weighted by Gasteiger charge is 2.53. The number of thiazole rings is 1. The molecule has 156 valence electrons. The summed E-state index contributed by atoms with van der Waals surface area (Å²) in [4.78, 5) is 44.9. The van der Waals surface area contributed by atoms with Crippen LogP contribution in [0.1, 0.15) is 22.0 Å². The second-order valence-electron chi connectivity index (χ2n) is 6.82. The molecular formula is C23H17BrN2O4S. The van der Waals surface area contributed by atoms with Gasteiger partial charge in [0.15, 0.2) is 10.9 Å². The first-order chi connectivity index (χ1) is 15.0. The van der Waals surface area contributed by atoms with Crippen molar-refractivity contribution in [2.75, 3.05) is 11.5 Å². The highest BCUT2D eigenvalue weighted by atomic mass is 79.9. The van der Waals surface area contributed by atoms with Crippen molar-refractivity contribution in [3.63, 3.8) is 0 Å². The maximum absolute atomic E-state index is 13.4. The molecule has 1 aliphatic rings. The van der Waals surface area contributed by atoms with Gasteiger partial charge in [-0.3, -0.25) is 19.3 Å². The summed E-state index contributed by atoms with van der Waals surface area (Å²) in [6.45, 7) is 3.94. The summed E-state index contributed by atoms with van der Waals surface area (Å²) in [5.74, 6) is -2.48. The zero-order chi connectivity index (χ0) is 22.0. The van der Waals surface area contributed by atoms with E-state index in [0.717, 1.165) is 4.47 Å². The second-order valence-corrected chi connectivity index (χ2v) is 8.61.